The molecule has 0 aromatic heterocycles. The van der Waals surface area contributed by atoms with Crippen LogP contribution in [0.1, 0.15) is 39.9 Å². The molecule has 0 spiro atoms. The highest BCUT2D eigenvalue weighted by atomic mass is 35.5. The predicted octanol–water partition coefficient (Wildman–Crippen LogP) is 4.59. The number of aryl methyl sites for hydroxylation is 2. The van der Waals surface area contributed by atoms with Crippen LogP contribution in [0.5, 0.6) is 0 Å². The number of fused-ring (bicyclic) bond motifs is 1. The Morgan fingerprint density at radius 2 is 1.60 bits per heavy atom. The summed E-state index contributed by atoms with van der Waals surface area (Å²) in [6, 6.07) is 9.98. The van der Waals surface area contributed by atoms with E-state index in [2.05, 4.69) is 0 Å². The third kappa shape index (κ3) is 2.48. The summed E-state index contributed by atoms with van der Waals surface area (Å²) in [4.78, 5) is 12.4. The number of rotatable bonds is 2. The van der Waals surface area contributed by atoms with Gasteiger partial charge in [0, 0.05) is 11.1 Å². The number of hydrogen-bond acceptors (Lipinski definition) is 1. The van der Waals surface area contributed by atoms with Crippen LogP contribution in [-0.2, 0) is 12.8 Å². The second-order valence-corrected chi connectivity index (χ2v) is 5.56. The molecule has 20 heavy (non-hydrogen) atoms. The van der Waals surface area contributed by atoms with Gasteiger partial charge in [0.1, 0.15) is 5.82 Å². The lowest BCUT2D eigenvalue weighted by molar-refractivity contribution is 0.103. The molecule has 0 unspecified atom stereocenters. The molecular weight excluding hydrogens is 275 g/mol. The van der Waals surface area contributed by atoms with Gasteiger partial charge in [-0.2, -0.15) is 0 Å². The van der Waals surface area contributed by atoms with Crippen LogP contribution in [0.25, 0.3) is 0 Å². The predicted molar refractivity (Wildman–Crippen MR) is 77.9 cm³/mol. The Morgan fingerprint density at radius 3 is 2.35 bits per heavy atom. The molecule has 102 valence electrons. The molecule has 0 fully saturated rings. The second-order valence-electron chi connectivity index (χ2n) is 5.15. The molecular formula is C17H14ClFO. The Bertz CT molecular complexity index is 679. The van der Waals surface area contributed by atoms with E-state index in [0.29, 0.717) is 11.1 Å². The molecule has 0 heterocycles. The monoisotopic (exact) mass is 288 g/mol. The molecule has 3 heteroatoms. The van der Waals surface area contributed by atoms with Crippen molar-refractivity contribution in [2.24, 2.45) is 0 Å². The van der Waals surface area contributed by atoms with Crippen LogP contribution in [0.3, 0.4) is 0 Å². The SMILES string of the molecule is O=C(c1ccc(Cl)c(F)c1)c1ccc2c(c1)CCCC2. The van der Waals surface area contributed by atoms with E-state index in [1.54, 1.807) is 6.07 Å². The third-order valence-corrected chi connectivity index (χ3v) is 4.10. The number of hydrogen-bond donors (Lipinski definition) is 0. The van der Waals surface area contributed by atoms with Gasteiger partial charge < -0.3 is 0 Å². The minimum Gasteiger partial charge on any atom is -0.289 e. The minimum atomic E-state index is -0.560. The lowest BCUT2D eigenvalue weighted by atomic mass is 9.89. The molecule has 0 N–H and O–H groups in total. The van der Waals surface area contributed by atoms with Crippen LogP contribution in [0, 0.1) is 5.82 Å². The number of carbonyl (C=O) groups excluding carboxylic acids is 1. The quantitative estimate of drug-likeness (QED) is 0.739. The molecule has 0 bridgehead atoms. The first-order chi connectivity index (χ1) is 9.65. The van der Waals surface area contributed by atoms with Crippen molar-refractivity contribution < 1.29 is 9.18 Å². The van der Waals surface area contributed by atoms with Gasteiger partial charge >= 0.3 is 0 Å². The second kappa shape index (κ2) is 5.37. The summed E-state index contributed by atoms with van der Waals surface area (Å²) in [7, 11) is 0. The zero-order valence-corrected chi connectivity index (χ0v) is 11.7. The summed E-state index contributed by atoms with van der Waals surface area (Å²) < 4.78 is 13.4. The molecule has 2 aromatic rings. The minimum absolute atomic E-state index is 0.0343. The van der Waals surface area contributed by atoms with Crippen LogP contribution in [0.15, 0.2) is 36.4 Å². The van der Waals surface area contributed by atoms with E-state index in [4.69, 9.17) is 11.6 Å². The van der Waals surface area contributed by atoms with E-state index in [1.807, 2.05) is 18.2 Å². The molecule has 0 saturated heterocycles. The topological polar surface area (TPSA) is 17.1 Å². The highest BCUT2D eigenvalue weighted by Gasteiger charge is 2.15. The van der Waals surface area contributed by atoms with E-state index < -0.39 is 5.82 Å². The third-order valence-electron chi connectivity index (χ3n) is 3.79. The molecule has 1 nitrogen and oxygen atoms in total. The summed E-state index contributed by atoms with van der Waals surface area (Å²) >= 11 is 5.64. The highest BCUT2D eigenvalue weighted by Crippen LogP contribution is 2.24. The molecule has 1 aliphatic carbocycles. The maximum atomic E-state index is 13.4. The molecule has 0 saturated carbocycles. The maximum absolute atomic E-state index is 13.4. The average molecular weight is 289 g/mol. The van der Waals surface area contributed by atoms with E-state index in [9.17, 15) is 9.18 Å². The number of halogens is 2. The normalized spacial score (nSPS) is 13.9. The van der Waals surface area contributed by atoms with Crippen molar-refractivity contribution >= 4 is 17.4 Å². The fourth-order valence-corrected chi connectivity index (χ4v) is 2.80. The van der Waals surface area contributed by atoms with Crippen molar-refractivity contribution in [2.45, 2.75) is 25.7 Å². The van der Waals surface area contributed by atoms with Crippen molar-refractivity contribution in [1.29, 1.82) is 0 Å². The van der Waals surface area contributed by atoms with Gasteiger partial charge in [-0.05, 0) is 61.1 Å². The maximum Gasteiger partial charge on any atom is 0.193 e. The van der Waals surface area contributed by atoms with E-state index >= 15 is 0 Å². The number of carbonyl (C=O) groups is 1. The van der Waals surface area contributed by atoms with Crippen molar-refractivity contribution in [2.75, 3.05) is 0 Å². The summed E-state index contributed by atoms with van der Waals surface area (Å²) in [5, 5.41) is 0.0343. The van der Waals surface area contributed by atoms with Crippen LogP contribution in [0.2, 0.25) is 5.02 Å². The first-order valence-electron chi connectivity index (χ1n) is 6.77. The van der Waals surface area contributed by atoms with E-state index in [1.165, 1.54) is 36.1 Å². The van der Waals surface area contributed by atoms with Crippen LogP contribution < -0.4 is 0 Å². The summed E-state index contributed by atoms with van der Waals surface area (Å²) in [5.41, 5.74) is 3.53. The van der Waals surface area contributed by atoms with Gasteiger partial charge in [-0.3, -0.25) is 4.79 Å². The fraction of sp³-hybridized carbons (Fsp3) is 0.235. The number of ketones is 1. The molecule has 2 aromatic carbocycles. The summed E-state index contributed by atoms with van der Waals surface area (Å²) in [5.74, 6) is -0.718. The Balaban J connectivity index is 1.95. The van der Waals surface area contributed by atoms with Crippen LogP contribution >= 0.6 is 11.6 Å². The van der Waals surface area contributed by atoms with Gasteiger partial charge in [0.05, 0.1) is 5.02 Å². The Labute approximate surface area is 122 Å². The van der Waals surface area contributed by atoms with Crippen molar-refractivity contribution in [1.82, 2.24) is 0 Å². The fourth-order valence-electron chi connectivity index (χ4n) is 2.68. The molecule has 3 rings (SSSR count). The van der Waals surface area contributed by atoms with Crippen molar-refractivity contribution in [3.8, 4) is 0 Å². The average Bonchev–Trinajstić information content (AvgIpc) is 2.49. The van der Waals surface area contributed by atoms with Gasteiger partial charge in [-0.25, -0.2) is 4.39 Å². The number of benzene rings is 2. The highest BCUT2D eigenvalue weighted by molar-refractivity contribution is 6.30. The Kier molecular flexibility index (Phi) is 3.58. The molecule has 0 amide bonds. The van der Waals surface area contributed by atoms with Gasteiger partial charge in [0.15, 0.2) is 5.78 Å². The first-order valence-corrected chi connectivity index (χ1v) is 7.14. The van der Waals surface area contributed by atoms with E-state index in [0.717, 1.165) is 12.8 Å². The summed E-state index contributed by atoms with van der Waals surface area (Å²) in [6.45, 7) is 0. The molecule has 0 aliphatic heterocycles. The largest absolute Gasteiger partial charge is 0.289 e. The lowest BCUT2D eigenvalue weighted by Gasteiger charge is -2.16. The molecule has 0 atom stereocenters. The van der Waals surface area contributed by atoms with Gasteiger partial charge in [-0.15, -0.1) is 0 Å². The standard InChI is InChI=1S/C17H14ClFO/c18-15-8-7-14(10-16(15)19)17(20)13-6-5-11-3-1-2-4-12(11)9-13/h5-10H,1-4H2. The van der Waals surface area contributed by atoms with E-state index in [-0.39, 0.29) is 10.8 Å². The van der Waals surface area contributed by atoms with Gasteiger partial charge in [-0.1, -0.05) is 23.7 Å². The Hall–Kier alpha value is -1.67. The smallest absolute Gasteiger partial charge is 0.193 e. The van der Waals surface area contributed by atoms with Gasteiger partial charge in [0.2, 0.25) is 0 Å². The summed E-state index contributed by atoms with van der Waals surface area (Å²) in [6.07, 6.45) is 4.48. The first kappa shape index (κ1) is 13.3. The zero-order chi connectivity index (χ0) is 14.1. The van der Waals surface area contributed by atoms with Gasteiger partial charge in [0.25, 0.3) is 0 Å². The molecule has 0 radical (unpaired) electrons. The van der Waals surface area contributed by atoms with Crippen LogP contribution in [-0.4, -0.2) is 5.78 Å². The lowest BCUT2D eigenvalue weighted by Crippen LogP contribution is -2.07. The van der Waals surface area contributed by atoms with Crippen LogP contribution in [0.4, 0.5) is 4.39 Å². The van der Waals surface area contributed by atoms with Crippen molar-refractivity contribution in [3.63, 3.8) is 0 Å². The molecule has 1 aliphatic rings. The van der Waals surface area contributed by atoms with Crippen molar-refractivity contribution in [3.05, 3.63) is 69.5 Å². The Morgan fingerprint density at radius 1 is 0.950 bits per heavy atom. The zero-order valence-electron chi connectivity index (χ0n) is 11.0.